The standard InChI is InChI=1S/C15H22N2O5/c1-4-6-7-13(5-2)10-22-15(20)16-8-14(19)17-11-21-9-12(3)18/h4-7H,1,8-11H2,2-3H3,(H,16,20)(H,17,19)/b7-6-,13-5+. The molecule has 2 amide bonds. The van der Waals surface area contributed by atoms with Crippen molar-refractivity contribution in [3.63, 3.8) is 0 Å². The lowest BCUT2D eigenvalue weighted by atomic mass is 10.2. The Balaban J connectivity index is 3.84. The van der Waals surface area contributed by atoms with Crippen molar-refractivity contribution < 1.29 is 23.9 Å². The minimum absolute atomic E-state index is 0.0693. The molecule has 122 valence electrons. The molecule has 0 unspecified atom stereocenters. The molecule has 0 aromatic carbocycles. The molecule has 2 N–H and O–H groups in total. The number of hydrogen-bond donors (Lipinski definition) is 2. The van der Waals surface area contributed by atoms with Crippen LogP contribution < -0.4 is 10.6 Å². The fourth-order valence-electron chi connectivity index (χ4n) is 1.16. The van der Waals surface area contributed by atoms with Gasteiger partial charge in [0.1, 0.15) is 26.5 Å². The molecule has 0 spiro atoms. The number of alkyl carbamates (subject to hydrolysis) is 1. The van der Waals surface area contributed by atoms with E-state index in [2.05, 4.69) is 17.2 Å². The van der Waals surface area contributed by atoms with Gasteiger partial charge in [0.15, 0.2) is 5.78 Å². The largest absolute Gasteiger partial charge is 0.445 e. The Morgan fingerprint density at radius 3 is 2.50 bits per heavy atom. The minimum Gasteiger partial charge on any atom is -0.445 e. The molecule has 0 bridgehead atoms. The lowest BCUT2D eigenvalue weighted by molar-refractivity contribution is -0.126. The Morgan fingerprint density at radius 2 is 1.91 bits per heavy atom. The summed E-state index contributed by atoms with van der Waals surface area (Å²) >= 11 is 0. The lowest BCUT2D eigenvalue weighted by Gasteiger charge is -2.08. The van der Waals surface area contributed by atoms with Gasteiger partial charge in [0.25, 0.3) is 0 Å². The monoisotopic (exact) mass is 310 g/mol. The van der Waals surface area contributed by atoms with Crippen LogP contribution in [-0.2, 0) is 19.1 Å². The van der Waals surface area contributed by atoms with Crippen LogP contribution in [0.15, 0.2) is 36.5 Å². The first-order valence-electron chi connectivity index (χ1n) is 6.68. The quantitative estimate of drug-likeness (QED) is 0.358. The van der Waals surface area contributed by atoms with E-state index >= 15 is 0 Å². The predicted octanol–water partition coefficient (Wildman–Crippen LogP) is 1.08. The maximum absolute atomic E-state index is 11.4. The number of ether oxygens (including phenoxy) is 2. The second-order valence-electron chi connectivity index (χ2n) is 4.18. The van der Waals surface area contributed by atoms with Crippen LogP contribution in [0.5, 0.6) is 0 Å². The molecule has 0 aliphatic carbocycles. The summed E-state index contributed by atoms with van der Waals surface area (Å²) in [6.07, 6.45) is 6.20. The van der Waals surface area contributed by atoms with Gasteiger partial charge in [0, 0.05) is 0 Å². The molecular formula is C15H22N2O5. The first-order valence-corrected chi connectivity index (χ1v) is 6.68. The second kappa shape index (κ2) is 12.3. The van der Waals surface area contributed by atoms with E-state index < -0.39 is 12.0 Å². The van der Waals surface area contributed by atoms with Crippen LogP contribution in [0.4, 0.5) is 4.79 Å². The van der Waals surface area contributed by atoms with Crippen LogP contribution in [0, 0.1) is 0 Å². The Morgan fingerprint density at radius 1 is 1.18 bits per heavy atom. The zero-order valence-electron chi connectivity index (χ0n) is 12.9. The van der Waals surface area contributed by atoms with E-state index in [1.165, 1.54) is 6.92 Å². The third-order valence-electron chi connectivity index (χ3n) is 2.26. The van der Waals surface area contributed by atoms with Crippen molar-refractivity contribution in [1.82, 2.24) is 10.6 Å². The number of nitrogens with one attached hydrogen (secondary N) is 2. The number of hydrogen-bond acceptors (Lipinski definition) is 5. The Hall–Kier alpha value is -2.41. The first kappa shape index (κ1) is 19.6. The highest BCUT2D eigenvalue weighted by Crippen LogP contribution is 1.98. The smallest absolute Gasteiger partial charge is 0.407 e. The molecule has 0 atom stereocenters. The van der Waals surface area contributed by atoms with Crippen molar-refractivity contribution in [2.45, 2.75) is 13.8 Å². The molecule has 0 fully saturated rings. The number of rotatable bonds is 10. The van der Waals surface area contributed by atoms with Gasteiger partial charge < -0.3 is 20.1 Å². The number of carbonyl (C=O) groups excluding carboxylic acids is 3. The van der Waals surface area contributed by atoms with E-state index in [1.807, 2.05) is 6.92 Å². The summed E-state index contributed by atoms with van der Waals surface area (Å²) in [6, 6.07) is 0. The van der Waals surface area contributed by atoms with Crippen LogP contribution in [0.3, 0.4) is 0 Å². The first-order chi connectivity index (χ1) is 10.5. The molecule has 0 aliphatic rings. The lowest BCUT2D eigenvalue weighted by Crippen LogP contribution is -2.38. The average Bonchev–Trinajstić information content (AvgIpc) is 2.49. The molecular weight excluding hydrogens is 288 g/mol. The topological polar surface area (TPSA) is 93.7 Å². The summed E-state index contributed by atoms with van der Waals surface area (Å²) in [4.78, 5) is 33.3. The number of ketones is 1. The third kappa shape index (κ3) is 11.4. The maximum Gasteiger partial charge on any atom is 0.407 e. The summed E-state index contributed by atoms with van der Waals surface area (Å²) in [6.45, 7) is 6.43. The highest BCUT2D eigenvalue weighted by molar-refractivity contribution is 5.82. The van der Waals surface area contributed by atoms with E-state index in [1.54, 1.807) is 24.3 Å². The van der Waals surface area contributed by atoms with Gasteiger partial charge in [-0.3, -0.25) is 9.59 Å². The average molecular weight is 310 g/mol. The fraction of sp³-hybridized carbons (Fsp3) is 0.400. The molecule has 7 nitrogen and oxygen atoms in total. The predicted molar refractivity (Wildman–Crippen MR) is 82.1 cm³/mol. The van der Waals surface area contributed by atoms with Gasteiger partial charge in [0.2, 0.25) is 5.91 Å². The second-order valence-corrected chi connectivity index (χ2v) is 4.18. The number of carbonyl (C=O) groups is 3. The van der Waals surface area contributed by atoms with E-state index in [4.69, 9.17) is 9.47 Å². The summed E-state index contributed by atoms with van der Waals surface area (Å²) in [5, 5.41) is 4.68. The van der Waals surface area contributed by atoms with Gasteiger partial charge in [-0.2, -0.15) is 0 Å². The van der Waals surface area contributed by atoms with Gasteiger partial charge >= 0.3 is 6.09 Å². The van der Waals surface area contributed by atoms with Gasteiger partial charge in [-0.1, -0.05) is 30.9 Å². The normalized spacial score (nSPS) is 11.1. The van der Waals surface area contributed by atoms with Crippen LogP contribution in [0.1, 0.15) is 13.8 Å². The molecule has 0 rings (SSSR count). The molecule has 7 heteroatoms. The van der Waals surface area contributed by atoms with Crippen LogP contribution in [0.2, 0.25) is 0 Å². The summed E-state index contributed by atoms with van der Waals surface area (Å²) in [5.41, 5.74) is 0.803. The number of Topliss-reactive ketones (excluding diaryl/α,β-unsaturated/α-hetero) is 1. The Labute approximate surface area is 130 Å². The molecule has 0 saturated heterocycles. The Bertz CT molecular complexity index is 455. The molecule has 0 saturated carbocycles. The van der Waals surface area contributed by atoms with Gasteiger partial charge in [-0.25, -0.2) is 4.79 Å². The van der Waals surface area contributed by atoms with Crippen LogP contribution in [-0.4, -0.2) is 44.3 Å². The molecule has 0 aliphatic heterocycles. The summed E-state index contributed by atoms with van der Waals surface area (Å²) < 4.78 is 9.79. The van der Waals surface area contributed by atoms with Crippen molar-refractivity contribution >= 4 is 17.8 Å². The van der Waals surface area contributed by atoms with Crippen molar-refractivity contribution in [3.05, 3.63) is 36.5 Å². The van der Waals surface area contributed by atoms with E-state index in [-0.39, 0.29) is 32.3 Å². The molecule has 0 radical (unpaired) electrons. The zero-order valence-corrected chi connectivity index (χ0v) is 12.9. The van der Waals surface area contributed by atoms with Gasteiger partial charge in [0.05, 0.1) is 0 Å². The van der Waals surface area contributed by atoms with Gasteiger partial charge in [-0.15, -0.1) is 0 Å². The van der Waals surface area contributed by atoms with Crippen molar-refractivity contribution in [2.24, 2.45) is 0 Å². The van der Waals surface area contributed by atoms with Crippen molar-refractivity contribution in [1.29, 1.82) is 0 Å². The van der Waals surface area contributed by atoms with E-state index in [0.29, 0.717) is 0 Å². The van der Waals surface area contributed by atoms with E-state index in [9.17, 15) is 14.4 Å². The third-order valence-corrected chi connectivity index (χ3v) is 2.26. The van der Waals surface area contributed by atoms with Gasteiger partial charge in [-0.05, 0) is 19.4 Å². The summed E-state index contributed by atoms with van der Waals surface area (Å²) in [5.74, 6) is -0.584. The highest BCUT2D eigenvalue weighted by Gasteiger charge is 2.06. The van der Waals surface area contributed by atoms with Crippen LogP contribution >= 0.6 is 0 Å². The minimum atomic E-state index is -0.703. The SMILES string of the molecule is C=C/C=C\C(=C/C)COC(=O)NCC(=O)NCOCC(C)=O. The molecule has 22 heavy (non-hydrogen) atoms. The molecule has 0 aromatic rings. The number of allylic oxidation sites excluding steroid dienone is 3. The van der Waals surface area contributed by atoms with Crippen molar-refractivity contribution in [3.8, 4) is 0 Å². The van der Waals surface area contributed by atoms with Crippen LogP contribution in [0.25, 0.3) is 0 Å². The Kier molecular flexibility index (Phi) is 11.0. The highest BCUT2D eigenvalue weighted by atomic mass is 16.5. The van der Waals surface area contributed by atoms with Crippen molar-refractivity contribution in [2.75, 3.05) is 26.5 Å². The van der Waals surface area contributed by atoms with E-state index in [0.717, 1.165) is 5.57 Å². The summed E-state index contributed by atoms with van der Waals surface area (Å²) in [7, 11) is 0. The number of amides is 2. The zero-order chi connectivity index (χ0) is 16.8. The molecule has 0 aromatic heterocycles. The fourth-order valence-corrected chi connectivity index (χ4v) is 1.16. The molecule has 0 heterocycles. The maximum atomic E-state index is 11.4.